The van der Waals surface area contributed by atoms with E-state index in [2.05, 4.69) is 35.0 Å². The molecule has 0 saturated carbocycles. The lowest BCUT2D eigenvalue weighted by atomic mass is 10.4. The second-order valence-electron chi connectivity index (χ2n) is 3.77. The van der Waals surface area contributed by atoms with Gasteiger partial charge in [0.2, 0.25) is 16.4 Å². The highest BCUT2D eigenvalue weighted by Gasteiger charge is 2.17. The first-order valence-electron chi connectivity index (χ1n) is 5.51. The normalized spacial score (nSPS) is 15.3. The average molecular weight is 284 g/mol. The predicted octanol–water partition coefficient (Wildman–Crippen LogP) is 1.39. The van der Waals surface area contributed by atoms with Crippen molar-refractivity contribution in [3.05, 3.63) is 11.6 Å². The molecule has 1 saturated heterocycles. The Morgan fingerprint density at radius 1 is 1.22 bits per heavy atom. The summed E-state index contributed by atoms with van der Waals surface area (Å²) in [6.07, 6.45) is 3.76. The summed E-state index contributed by atoms with van der Waals surface area (Å²) in [5.74, 6) is 0.634. The number of hydrogen-bond donors (Lipinski definition) is 1. The molecular formula is C9H10ClN7S. The van der Waals surface area contributed by atoms with Crippen LogP contribution in [0.1, 0.15) is 12.8 Å². The third kappa shape index (κ3) is 2.54. The van der Waals surface area contributed by atoms with Crippen LogP contribution in [-0.4, -0.2) is 43.2 Å². The lowest BCUT2D eigenvalue weighted by Gasteiger charge is -2.14. The molecule has 1 fully saturated rings. The summed E-state index contributed by atoms with van der Waals surface area (Å²) in [6, 6.07) is 0. The second kappa shape index (κ2) is 5.07. The first-order valence-corrected chi connectivity index (χ1v) is 6.70. The number of aromatic amines is 1. The lowest BCUT2D eigenvalue weighted by Crippen LogP contribution is -2.21. The number of hydrogen-bond acceptors (Lipinski definition) is 7. The van der Waals surface area contributed by atoms with Crippen molar-refractivity contribution in [1.82, 2.24) is 30.1 Å². The van der Waals surface area contributed by atoms with Gasteiger partial charge in [0, 0.05) is 13.1 Å². The Balaban J connectivity index is 1.85. The van der Waals surface area contributed by atoms with E-state index in [0.29, 0.717) is 16.3 Å². The summed E-state index contributed by atoms with van der Waals surface area (Å²) in [7, 11) is 0. The van der Waals surface area contributed by atoms with Crippen molar-refractivity contribution in [2.75, 3.05) is 18.0 Å². The fourth-order valence-corrected chi connectivity index (χ4v) is 2.59. The molecule has 1 N–H and O–H groups in total. The van der Waals surface area contributed by atoms with Crippen LogP contribution in [0.5, 0.6) is 0 Å². The van der Waals surface area contributed by atoms with Crippen molar-refractivity contribution in [2.45, 2.75) is 23.2 Å². The molecule has 3 heterocycles. The highest BCUT2D eigenvalue weighted by atomic mass is 35.5. The largest absolute Gasteiger partial charge is 0.341 e. The van der Waals surface area contributed by atoms with E-state index in [1.165, 1.54) is 18.1 Å². The molecule has 0 unspecified atom stereocenters. The maximum atomic E-state index is 5.92. The topological polar surface area (TPSA) is 83.5 Å². The number of anilines is 1. The van der Waals surface area contributed by atoms with Crippen molar-refractivity contribution in [1.29, 1.82) is 0 Å². The highest BCUT2D eigenvalue weighted by molar-refractivity contribution is 7.99. The van der Waals surface area contributed by atoms with Crippen molar-refractivity contribution in [2.24, 2.45) is 0 Å². The molecule has 9 heteroatoms. The summed E-state index contributed by atoms with van der Waals surface area (Å²) in [4.78, 5) is 18.7. The maximum Gasteiger partial charge on any atom is 0.230 e. The fraction of sp³-hybridized carbons (Fsp3) is 0.444. The van der Waals surface area contributed by atoms with Gasteiger partial charge in [0.25, 0.3) is 0 Å². The molecule has 0 radical (unpaired) electrons. The zero-order chi connectivity index (χ0) is 12.4. The number of nitrogens with one attached hydrogen (secondary N) is 1. The fourth-order valence-electron chi connectivity index (χ4n) is 1.76. The zero-order valence-corrected chi connectivity index (χ0v) is 10.9. The van der Waals surface area contributed by atoms with E-state index in [-0.39, 0.29) is 5.28 Å². The number of nitrogens with zero attached hydrogens (tertiary/aromatic N) is 6. The summed E-state index contributed by atoms with van der Waals surface area (Å²) < 4.78 is 0. The van der Waals surface area contributed by atoms with Crippen molar-refractivity contribution < 1.29 is 0 Å². The molecule has 1 aliphatic heterocycles. The maximum absolute atomic E-state index is 5.92. The molecular weight excluding hydrogens is 274 g/mol. The van der Waals surface area contributed by atoms with Gasteiger partial charge in [-0.2, -0.15) is 20.1 Å². The van der Waals surface area contributed by atoms with Gasteiger partial charge in [-0.15, -0.1) is 0 Å². The Labute approximate surface area is 112 Å². The van der Waals surface area contributed by atoms with E-state index >= 15 is 0 Å². The summed E-state index contributed by atoms with van der Waals surface area (Å²) in [5, 5.41) is 7.86. The third-order valence-electron chi connectivity index (χ3n) is 2.55. The van der Waals surface area contributed by atoms with Gasteiger partial charge in [-0.25, -0.2) is 4.98 Å². The molecule has 0 bridgehead atoms. The predicted molar refractivity (Wildman–Crippen MR) is 66.8 cm³/mol. The SMILES string of the molecule is Clc1nc(Sc2ncn[nH]2)nc(N2CCCC2)n1. The smallest absolute Gasteiger partial charge is 0.230 e. The number of rotatable bonds is 3. The quantitative estimate of drug-likeness (QED) is 0.911. The minimum atomic E-state index is 0.203. The van der Waals surface area contributed by atoms with E-state index in [1.54, 1.807) is 0 Å². The van der Waals surface area contributed by atoms with Crippen LogP contribution in [0, 0.1) is 0 Å². The number of H-pyrrole nitrogens is 1. The van der Waals surface area contributed by atoms with Gasteiger partial charge in [-0.1, -0.05) is 0 Å². The Hall–Kier alpha value is -1.41. The van der Waals surface area contributed by atoms with Crippen LogP contribution in [-0.2, 0) is 0 Å². The zero-order valence-electron chi connectivity index (χ0n) is 9.38. The summed E-state index contributed by atoms with van der Waals surface area (Å²) in [6.45, 7) is 1.93. The van der Waals surface area contributed by atoms with Crippen molar-refractivity contribution >= 4 is 29.3 Å². The van der Waals surface area contributed by atoms with E-state index in [0.717, 1.165) is 25.9 Å². The Morgan fingerprint density at radius 3 is 2.78 bits per heavy atom. The van der Waals surface area contributed by atoms with E-state index in [4.69, 9.17) is 11.6 Å². The molecule has 0 amide bonds. The first kappa shape index (κ1) is 11.7. The molecule has 3 rings (SSSR count). The highest BCUT2D eigenvalue weighted by Crippen LogP contribution is 2.24. The van der Waals surface area contributed by atoms with Gasteiger partial charge in [-0.05, 0) is 36.2 Å². The molecule has 0 spiro atoms. The van der Waals surface area contributed by atoms with Gasteiger partial charge in [0.05, 0.1) is 0 Å². The molecule has 94 valence electrons. The molecule has 7 nitrogen and oxygen atoms in total. The van der Waals surface area contributed by atoms with Gasteiger partial charge < -0.3 is 4.90 Å². The molecule has 1 aliphatic rings. The van der Waals surface area contributed by atoms with Gasteiger partial charge in [-0.3, -0.25) is 5.10 Å². The number of halogens is 1. The van der Waals surface area contributed by atoms with Crippen LogP contribution >= 0.6 is 23.4 Å². The first-order chi connectivity index (χ1) is 8.81. The Kier molecular flexibility index (Phi) is 3.28. The minimum absolute atomic E-state index is 0.203. The molecule has 2 aromatic rings. The van der Waals surface area contributed by atoms with Crippen LogP contribution < -0.4 is 4.90 Å². The van der Waals surface area contributed by atoms with Crippen molar-refractivity contribution in [3.63, 3.8) is 0 Å². The second-order valence-corrected chi connectivity index (χ2v) is 5.07. The van der Waals surface area contributed by atoms with Crippen LogP contribution in [0.3, 0.4) is 0 Å². The molecule has 2 aromatic heterocycles. The third-order valence-corrected chi connectivity index (χ3v) is 3.47. The van der Waals surface area contributed by atoms with Crippen LogP contribution in [0.2, 0.25) is 5.28 Å². The van der Waals surface area contributed by atoms with E-state index in [1.807, 2.05) is 0 Å². The molecule has 18 heavy (non-hydrogen) atoms. The average Bonchev–Trinajstić information content (AvgIpc) is 3.00. The Bertz CT molecular complexity index is 526. The number of aromatic nitrogens is 6. The van der Waals surface area contributed by atoms with Gasteiger partial charge in [0.15, 0.2) is 5.16 Å². The van der Waals surface area contributed by atoms with E-state index in [9.17, 15) is 0 Å². The van der Waals surface area contributed by atoms with Gasteiger partial charge >= 0.3 is 0 Å². The minimum Gasteiger partial charge on any atom is -0.341 e. The van der Waals surface area contributed by atoms with E-state index < -0.39 is 0 Å². The Morgan fingerprint density at radius 2 is 2.06 bits per heavy atom. The molecule has 0 atom stereocenters. The molecule has 0 aromatic carbocycles. The summed E-state index contributed by atoms with van der Waals surface area (Å²) >= 11 is 7.20. The van der Waals surface area contributed by atoms with Crippen LogP contribution in [0.4, 0.5) is 5.95 Å². The van der Waals surface area contributed by atoms with Crippen molar-refractivity contribution in [3.8, 4) is 0 Å². The monoisotopic (exact) mass is 283 g/mol. The summed E-state index contributed by atoms with van der Waals surface area (Å²) in [5.41, 5.74) is 0. The lowest BCUT2D eigenvalue weighted by molar-refractivity contribution is 0.823. The molecule has 0 aliphatic carbocycles. The standard InChI is InChI=1S/C9H10ClN7S/c10-6-13-7(17-3-1-2-4-17)15-9(14-6)18-8-11-5-12-16-8/h5H,1-4H2,(H,11,12,16). The van der Waals surface area contributed by atoms with Crippen LogP contribution in [0.15, 0.2) is 16.6 Å². The van der Waals surface area contributed by atoms with Gasteiger partial charge in [0.1, 0.15) is 6.33 Å². The van der Waals surface area contributed by atoms with Crippen LogP contribution in [0.25, 0.3) is 0 Å².